The number of carboxylic acid groups (broad SMARTS) is 1. The Kier molecular flexibility index (Phi) is 5.14. The van der Waals surface area contributed by atoms with Gasteiger partial charge in [-0.25, -0.2) is 9.18 Å². The molecule has 4 nitrogen and oxygen atoms in total. The standard InChI is InChI=1S/C10H12FN.C10H9NO2/c11-9-3-1-2-8(6-9)10(12)7-4-5-7;12-10(13)9-6-11-5-7-3-1-2-4-8(7)9/h1-3,6-7,10H,4-5,12H2;1-4,6,11H,5H2,(H,12,13)/t10-;/m0./s1. The smallest absolute Gasteiger partial charge is 0.337 e. The van der Waals surface area contributed by atoms with Crippen LogP contribution in [-0.4, -0.2) is 11.1 Å². The minimum Gasteiger partial charge on any atom is -0.478 e. The summed E-state index contributed by atoms with van der Waals surface area (Å²) in [5.41, 5.74) is 9.01. The molecule has 1 heterocycles. The molecule has 2 aliphatic rings. The Morgan fingerprint density at radius 1 is 1.20 bits per heavy atom. The molecule has 0 radical (unpaired) electrons. The highest BCUT2D eigenvalue weighted by Crippen LogP contribution is 2.39. The first-order chi connectivity index (χ1) is 12.1. The minimum absolute atomic E-state index is 0.0423. The van der Waals surface area contributed by atoms with Crippen molar-refractivity contribution < 1.29 is 14.3 Å². The summed E-state index contributed by atoms with van der Waals surface area (Å²) in [6.07, 6.45) is 3.93. The average Bonchev–Trinajstić information content (AvgIpc) is 3.46. The van der Waals surface area contributed by atoms with Gasteiger partial charge in [-0.05, 0) is 47.6 Å². The molecule has 4 N–H and O–H groups in total. The van der Waals surface area contributed by atoms with Crippen molar-refractivity contribution in [3.63, 3.8) is 0 Å². The first kappa shape index (κ1) is 17.2. The molecule has 0 saturated heterocycles. The lowest BCUT2D eigenvalue weighted by Crippen LogP contribution is -2.17. The van der Waals surface area contributed by atoms with Gasteiger partial charge in [0.2, 0.25) is 0 Å². The highest BCUT2D eigenvalue weighted by Gasteiger charge is 2.29. The van der Waals surface area contributed by atoms with Crippen LogP contribution in [0.3, 0.4) is 0 Å². The number of hydrogen-bond donors (Lipinski definition) is 3. The van der Waals surface area contributed by atoms with E-state index < -0.39 is 5.97 Å². The van der Waals surface area contributed by atoms with Crippen LogP contribution in [0.5, 0.6) is 0 Å². The second kappa shape index (κ2) is 7.49. The van der Waals surface area contributed by atoms with Crippen molar-refractivity contribution >= 4 is 11.5 Å². The summed E-state index contributed by atoms with van der Waals surface area (Å²) in [4.78, 5) is 10.8. The summed E-state index contributed by atoms with van der Waals surface area (Å²) in [5, 5.41) is 11.8. The van der Waals surface area contributed by atoms with Crippen LogP contribution in [0.1, 0.15) is 35.6 Å². The number of rotatable bonds is 3. The van der Waals surface area contributed by atoms with Gasteiger partial charge in [0.15, 0.2) is 0 Å². The van der Waals surface area contributed by atoms with Crippen molar-refractivity contribution in [3.8, 4) is 0 Å². The van der Waals surface area contributed by atoms with Crippen LogP contribution in [0.2, 0.25) is 0 Å². The zero-order valence-electron chi connectivity index (χ0n) is 13.8. The zero-order valence-corrected chi connectivity index (χ0v) is 13.8. The van der Waals surface area contributed by atoms with Crippen LogP contribution in [0.25, 0.3) is 5.57 Å². The molecule has 4 rings (SSSR count). The molecule has 2 aromatic rings. The molecule has 0 amide bonds. The van der Waals surface area contributed by atoms with Crippen molar-refractivity contribution in [2.75, 3.05) is 0 Å². The van der Waals surface area contributed by atoms with E-state index in [1.165, 1.54) is 25.0 Å². The predicted octanol–water partition coefficient (Wildman–Crippen LogP) is 3.45. The Balaban J connectivity index is 0.000000146. The van der Waals surface area contributed by atoms with Gasteiger partial charge < -0.3 is 16.2 Å². The number of carbonyl (C=O) groups is 1. The van der Waals surface area contributed by atoms with Gasteiger partial charge in [-0.2, -0.15) is 0 Å². The van der Waals surface area contributed by atoms with Crippen molar-refractivity contribution in [1.82, 2.24) is 5.32 Å². The van der Waals surface area contributed by atoms with Gasteiger partial charge in [-0.1, -0.05) is 36.4 Å². The van der Waals surface area contributed by atoms with Crippen molar-refractivity contribution in [3.05, 3.63) is 77.2 Å². The van der Waals surface area contributed by atoms with E-state index >= 15 is 0 Å². The van der Waals surface area contributed by atoms with Crippen molar-refractivity contribution in [2.45, 2.75) is 25.4 Å². The molecule has 130 valence electrons. The SMILES string of the molecule is N[C@H](c1cccc(F)c1)C1CC1.O=C(O)C1=CNCc2ccccc21. The van der Waals surface area contributed by atoms with E-state index in [4.69, 9.17) is 10.8 Å². The summed E-state index contributed by atoms with van der Waals surface area (Å²) in [7, 11) is 0. The van der Waals surface area contributed by atoms with E-state index in [-0.39, 0.29) is 11.9 Å². The maximum atomic E-state index is 12.8. The van der Waals surface area contributed by atoms with Crippen molar-refractivity contribution in [1.29, 1.82) is 0 Å². The molecule has 1 saturated carbocycles. The van der Waals surface area contributed by atoms with Crippen LogP contribution in [0.4, 0.5) is 4.39 Å². The predicted molar refractivity (Wildman–Crippen MR) is 94.9 cm³/mol. The van der Waals surface area contributed by atoms with Gasteiger partial charge in [0.25, 0.3) is 0 Å². The largest absolute Gasteiger partial charge is 0.478 e. The maximum absolute atomic E-state index is 12.8. The average molecular weight is 340 g/mol. The fourth-order valence-electron chi connectivity index (χ4n) is 2.90. The fraction of sp³-hybridized carbons (Fsp3) is 0.250. The molecule has 1 atom stereocenters. The third-order valence-corrected chi connectivity index (χ3v) is 4.44. The van der Waals surface area contributed by atoms with Gasteiger partial charge in [0.05, 0.1) is 5.57 Å². The van der Waals surface area contributed by atoms with Crippen LogP contribution >= 0.6 is 0 Å². The van der Waals surface area contributed by atoms with Gasteiger partial charge >= 0.3 is 5.97 Å². The number of halogens is 1. The molecule has 1 aliphatic carbocycles. The topological polar surface area (TPSA) is 75.4 Å². The van der Waals surface area contributed by atoms with Crippen LogP contribution in [0, 0.1) is 11.7 Å². The molecule has 0 unspecified atom stereocenters. The zero-order chi connectivity index (χ0) is 17.8. The van der Waals surface area contributed by atoms with Gasteiger partial charge in [0, 0.05) is 18.8 Å². The molecule has 2 aromatic carbocycles. The van der Waals surface area contributed by atoms with Gasteiger partial charge in [0.1, 0.15) is 5.82 Å². The Bertz CT molecular complexity index is 800. The van der Waals surface area contributed by atoms with Crippen LogP contribution < -0.4 is 11.1 Å². The summed E-state index contributed by atoms with van der Waals surface area (Å²) in [5.74, 6) is -0.491. The first-order valence-electron chi connectivity index (χ1n) is 8.32. The summed E-state index contributed by atoms with van der Waals surface area (Å²) in [6, 6.07) is 14.1. The van der Waals surface area contributed by atoms with E-state index in [0.29, 0.717) is 18.0 Å². The lowest BCUT2D eigenvalue weighted by Gasteiger charge is -2.15. The number of aliphatic carboxylic acids is 1. The Labute approximate surface area is 146 Å². The molecule has 1 fully saturated rings. The van der Waals surface area contributed by atoms with Gasteiger partial charge in [-0.15, -0.1) is 0 Å². The molecule has 25 heavy (non-hydrogen) atoms. The summed E-state index contributed by atoms with van der Waals surface area (Å²) >= 11 is 0. The molecule has 5 heteroatoms. The number of benzene rings is 2. The normalized spacial score (nSPS) is 16.5. The quantitative estimate of drug-likeness (QED) is 0.800. The number of hydrogen-bond acceptors (Lipinski definition) is 3. The maximum Gasteiger partial charge on any atom is 0.337 e. The number of nitrogens with one attached hydrogen (secondary N) is 1. The Hall–Kier alpha value is -2.66. The van der Waals surface area contributed by atoms with Gasteiger partial charge in [-0.3, -0.25) is 0 Å². The van der Waals surface area contributed by atoms with Crippen molar-refractivity contribution in [2.24, 2.45) is 11.7 Å². The fourth-order valence-corrected chi connectivity index (χ4v) is 2.90. The second-order valence-corrected chi connectivity index (χ2v) is 6.32. The molecule has 1 aliphatic heterocycles. The molecule has 0 aromatic heterocycles. The number of carboxylic acids is 1. The third kappa shape index (κ3) is 4.25. The number of nitrogens with two attached hydrogens (primary N) is 1. The molecular formula is C20H21FN2O2. The van der Waals surface area contributed by atoms with Crippen LogP contribution in [0.15, 0.2) is 54.7 Å². The molecule has 0 bridgehead atoms. The first-order valence-corrected chi connectivity index (χ1v) is 8.32. The molecular weight excluding hydrogens is 319 g/mol. The Morgan fingerprint density at radius 2 is 1.96 bits per heavy atom. The highest BCUT2D eigenvalue weighted by atomic mass is 19.1. The minimum atomic E-state index is -0.889. The van der Waals surface area contributed by atoms with E-state index in [9.17, 15) is 9.18 Å². The Morgan fingerprint density at radius 3 is 2.64 bits per heavy atom. The monoisotopic (exact) mass is 340 g/mol. The second-order valence-electron chi connectivity index (χ2n) is 6.32. The summed E-state index contributed by atoms with van der Waals surface area (Å²) < 4.78 is 12.8. The summed E-state index contributed by atoms with van der Waals surface area (Å²) in [6.45, 7) is 0.701. The lowest BCUT2D eigenvalue weighted by molar-refractivity contribution is -0.130. The van der Waals surface area contributed by atoms with Crippen LogP contribution in [-0.2, 0) is 11.3 Å². The van der Waals surface area contributed by atoms with E-state index in [0.717, 1.165) is 16.7 Å². The van der Waals surface area contributed by atoms with E-state index in [1.807, 2.05) is 30.3 Å². The highest BCUT2D eigenvalue weighted by molar-refractivity contribution is 6.16. The molecule has 0 spiro atoms. The third-order valence-electron chi connectivity index (χ3n) is 4.44. The van der Waals surface area contributed by atoms with E-state index in [1.54, 1.807) is 12.3 Å². The number of fused-ring (bicyclic) bond motifs is 1. The lowest BCUT2D eigenvalue weighted by atomic mass is 9.98. The van der Waals surface area contributed by atoms with E-state index in [2.05, 4.69) is 5.32 Å².